The predicted molar refractivity (Wildman–Crippen MR) is 82.7 cm³/mol. The number of hydrogen-bond donors (Lipinski definition) is 2. The van der Waals surface area contributed by atoms with Crippen LogP contribution in [-0.4, -0.2) is 18.3 Å². The Morgan fingerprint density at radius 2 is 1.75 bits per heavy atom. The van der Waals surface area contributed by atoms with Gasteiger partial charge in [-0.15, -0.1) is 0 Å². The molecule has 0 heterocycles. The van der Waals surface area contributed by atoms with Crippen molar-refractivity contribution in [2.24, 2.45) is 11.8 Å². The maximum atomic E-state index is 9.48. The fourth-order valence-corrected chi connectivity index (χ4v) is 3.67. The topological polar surface area (TPSA) is 32.3 Å². The first kappa shape index (κ1) is 14.1. The third kappa shape index (κ3) is 3.42. The summed E-state index contributed by atoms with van der Waals surface area (Å²) < 4.78 is 0. The van der Waals surface area contributed by atoms with E-state index in [2.05, 4.69) is 29.6 Å². The summed E-state index contributed by atoms with van der Waals surface area (Å²) in [5, 5.41) is 13.1. The SMILES string of the molecule is OCC1CCCCC1CNCc1ccccc1C1CC1. The Balaban J connectivity index is 1.52. The second-order valence-electron chi connectivity index (χ2n) is 6.59. The van der Waals surface area contributed by atoms with E-state index < -0.39 is 0 Å². The molecular weight excluding hydrogens is 246 g/mol. The first-order valence-electron chi connectivity index (χ1n) is 8.28. The molecule has 0 aliphatic heterocycles. The van der Waals surface area contributed by atoms with Crippen LogP contribution in [0.4, 0.5) is 0 Å². The third-order valence-corrected chi connectivity index (χ3v) is 5.10. The molecule has 2 atom stereocenters. The number of hydrogen-bond acceptors (Lipinski definition) is 2. The molecule has 20 heavy (non-hydrogen) atoms. The van der Waals surface area contributed by atoms with Gasteiger partial charge in [0, 0.05) is 13.2 Å². The van der Waals surface area contributed by atoms with Crippen molar-refractivity contribution in [2.45, 2.75) is 51.0 Å². The molecule has 0 amide bonds. The first-order chi connectivity index (χ1) is 9.88. The molecule has 2 N–H and O–H groups in total. The van der Waals surface area contributed by atoms with Crippen LogP contribution in [0, 0.1) is 11.8 Å². The van der Waals surface area contributed by atoms with Gasteiger partial charge in [-0.25, -0.2) is 0 Å². The minimum atomic E-state index is 0.366. The summed E-state index contributed by atoms with van der Waals surface area (Å²) in [5.74, 6) is 2.02. The molecule has 110 valence electrons. The Morgan fingerprint density at radius 1 is 1.00 bits per heavy atom. The second kappa shape index (κ2) is 6.73. The van der Waals surface area contributed by atoms with Crippen LogP contribution in [0.15, 0.2) is 24.3 Å². The second-order valence-corrected chi connectivity index (χ2v) is 6.59. The molecule has 1 aromatic rings. The van der Waals surface area contributed by atoms with E-state index in [0.717, 1.165) is 19.0 Å². The van der Waals surface area contributed by atoms with Crippen molar-refractivity contribution in [2.75, 3.05) is 13.2 Å². The lowest BCUT2D eigenvalue weighted by molar-refractivity contribution is 0.133. The monoisotopic (exact) mass is 273 g/mol. The molecule has 0 saturated heterocycles. The van der Waals surface area contributed by atoms with Gasteiger partial charge in [-0.2, -0.15) is 0 Å². The molecule has 0 spiro atoms. The Labute approximate surface area is 122 Å². The van der Waals surface area contributed by atoms with Crippen molar-refractivity contribution in [1.29, 1.82) is 0 Å². The Morgan fingerprint density at radius 3 is 2.50 bits per heavy atom. The van der Waals surface area contributed by atoms with Crippen LogP contribution < -0.4 is 5.32 Å². The van der Waals surface area contributed by atoms with Gasteiger partial charge in [-0.1, -0.05) is 37.1 Å². The quantitative estimate of drug-likeness (QED) is 0.832. The summed E-state index contributed by atoms with van der Waals surface area (Å²) >= 11 is 0. The lowest BCUT2D eigenvalue weighted by Gasteiger charge is -2.30. The average Bonchev–Trinajstić information content (AvgIpc) is 3.33. The Hall–Kier alpha value is -0.860. The van der Waals surface area contributed by atoms with Gasteiger partial charge in [0.25, 0.3) is 0 Å². The van der Waals surface area contributed by atoms with Crippen molar-refractivity contribution in [3.05, 3.63) is 35.4 Å². The molecule has 1 aromatic carbocycles. The fourth-order valence-electron chi connectivity index (χ4n) is 3.67. The number of aliphatic hydroxyl groups is 1. The van der Waals surface area contributed by atoms with E-state index in [1.54, 1.807) is 5.56 Å². The highest BCUT2D eigenvalue weighted by Crippen LogP contribution is 2.41. The normalized spacial score (nSPS) is 26.6. The number of aliphatic hydroxyl groups excluding tert-OH is 1. The summed E-state index contributed by atoms with van der Waals surface area (Å²) in [6.45, 7) is 2.41. The van der Waals surface area contributed by atoms with Crippen LogP contribution in [0.25, 0.3) is 0 Å². The Kier molecular flexibility index (Phi) is 4.74. The maximum Gasteiger partial charge on any atom is 0.0462 e. The van der Waals surface area contributed by atoms with Crippen LogP contribution in [0.2, 0.25) is 0 Å². The van der Waals surface area contributed by atoms with E-state index in [4.69, 9.17) is 0 Å². The Bertz CT molecular complexity index is 427. The summed E-state index contributed by atoms with van der Waals surface area (Å²) in [4.78, 5) is 0. The number of nitrogens with one attached hydrogen (secondary N) is 1. The summed E-state index contributed by atoms with van der Waals surface area (Å²) in [5.41, 5.74) is 3.04. The lowest BCUT2D eigenvalue weighted by Crippen LogP contribution is -2.32. The average molecular weight is 273 g/mol. The van der Waals surface area contributed by atoms with E-state index in [1.807, 2.05) is 0 Å². The highest BCUT2D eigenvalue weighted by atomic mass is 16.3. The van der Waals surface area contributed by atoms with Crippen LogP contribution in [0.1, 0.15) is 55.6 Å². The van der Waals surface area contributed by atoms with E-state index in [-0.39, 0.29) is 0 Å². The van der Waals surface area contributed by atoms with Crippen LogP contribution in [0.3, 0.4) is 0 Å². The van der Waals surface area contributed by atoms with Gasteiger partial charge in [0.1, 0.15) is 0 Å². The van der Waals surface area contributed by atoms with Crippen LogP contribution in [-0.2, 0) is 6.54 Å². The smallest absolute Gasteiger partial charge is 0.0462 e. The largest absolute Gasteiger partial charge is 0.396 e. The molecule has 2 aliphatic rings. The molecule has 0 aromatic heterocycles. The molecule has 2 aliphatic carbocycles. The standard InChI is InChI=1S/C18H27NO/c20-13-17-7-2-1-5-15(17)11-19-12-16-6-3-4-8-18(16)14-9-10-14/h3-4,6,8,14-15,17,19-20H,1-2,5,7,9-13H2. The zero-order valence-corrected chi connectivity index (χ0v) is 12.4. The van der Waals surface area contributed by atoms with Gasteiger partial charge >= 0.3 is 0 Å². The molecule has 2 unspecified atom stereocenters. The number of benzene rings is 1. The van der Waals surface area contributed by atoms with E-state index in [9.17, 15) is 5.11 Å². The summed E-state index contributed by atoms with van der Waals surface area (Å²) in [7, 11) is 0. The molecule has 0 bridgehead atoms. The van der Waals surface area contributed by atoms with Gasteiger partial charge in [-0.05, 0) is 61.1 Å². The minimum absolute atomic E-state index is 0.366. The molecule has 0 radical (unpaired) electrons. The summed E-state index contributed by atoms with van der Waals surface area (Å²) in [6, 6.07) is 8.89. The fraction of sp³-hybridized carbons (Fsp3) is 0.667. The number of rotatable bonds is 6. The molecule has 2 nitrogen and oxygen atoms in total. The lowest BCUT2D eigenvalue weighted by atomic mass is 9.79. The third-order valence-electron chi connectivity index (χ3n) is 5.10. The summed E-state index contributed by atoms with van der Waals surface area (Å²) in [6.07, 6.45) is 7.86. The highest BCUT2D eigenvalue weighted by molar-refractivity contribution is 5.33. The van der Waals surface area contributed by atoms with Gasteiger partial charge in [-0.3, -0.25) is 0 Å². The van der Waals surface area contributed by atoms with E-state index in [0.29, 0.717) is 18.4 Å². The van der Waals surface area contributed by atoms with E-state index in [1.165, 1.54) is 44.1 Å². The molecule has 3 rings (SSSR count). The zero-order chi connectivity index (χ0) is 13.8. The molecular formula is C18H27NO. The van der Waals surface area contributed by atoms with Crippen LogP contribution >= 0.6 is 0 Å². The zero-order valence-electron chi connectivity index (χ0n) is 12.4. The maximum absolute atomic E-state index is 9.48. The highest BCUT2D eigenvalue weighted by Gasteiger charge is 2.26. The minimum Gasteiger partial charge on any atom is -0.396 e. The molecule has 2 saturated carbocycles. The molecule has 2 fully saturated rings. The van der Waals surface area contributed by atoms with Gasteiger partial charge in [0.05, 0.1) is 0 Å². The van der Waals surface area contributed by atoms with E-state index >= 15 is 0 Å². The van der Waals surface area contributed by atoms with Gasteiger partial charge in [0.15, 0.2) is 0 Å². The van der Waals surface area contributed by atoms with Crippen molar-refractivity contribution in [1.82, 2.24) is 5.32 Å². The van der Waals surface area contributed by atoms with Gasteiger partial charge in [0.2, 0.25) is 0 Å². The van der Waals surface area contributed by atoms with Crippen molar-refractivity contribution in [3.8, 4) is 0 Å². The first-order valence-corrected chi connectivity index (χ1v) is 8.28. The van der Waals surface area contributed by atoms with Crippen molar-refractivity contribution in [3.63, 3.8) is 0 Å². The van der Waals surface area contributed by atoms with Crippen molar-refractivity contribution < 1.29 is 5.11 Å². The van der Waals surface area contributed by atoms with Gasteiger partial charge < -0.3 is 10.4 Å². The van der Waals surface area contributed by atoms with Crippen LogP contribution in [0.5, 0.6) is 0 Å². The predicted octanol–water partition coefficient (Wildman–Crippen LogP) is 3.45. The van der Waals surface area contributed by atoms with Crippen molar-refractivity contribution >= 4 is 0 Å². The molecule has 2 heteroatoms.